The first-order valence-electron chi connectivity index (χ1n) is 28.8. The molecule has 0 aliphatic carbocycles. The molecule has 0 aromatic heterocycles. The van der Waals surface area contributed by atoms with Gasteiger partial charge in [0.25, 0.3) is 0 Å². The molecule has 75 heavy (non-hydrogen) atoms. The molecule has 0 atom stereocenters. The molecule has 6 heteroatoms. The van der Waals surface area contributed by atoms with Crippen molar-refractivity contribution in [1.29, 1.82) is 0 Å². The zero-order valence-electron chi connectivity index (χ0n) is 50.2. The fourth-order valence-electron chi connectivity index (χ4n) is 10.3. The smallest absolute Gasteiger partial charge is 0.0656 e. The monoisotopic (exact) mass is 1090 g/mol. The van der Waals surface area contributed by atoms with E-state index in [1.807, 2.05) is 0 Å². The van der Waals surface area contributed by atoms with Crippen LogP contribution in [0.4, 0.5) is 0 Å². The fraction of sp³-hybridized carbons (Fsp3) is 0.391. The molecule has 0 heterocycles. The SMILES string of the molecule is C[Si](C)(C)c1cc(CCCc2ccc(-c3cc(-c4ccc(CCCc5cc([Si](C)(C)C)cc([Si](C)(C)C)c5)cc4)cc(-c4ccc(CCCc5cc([Si](C)(C)C)cc([Si](C)(C)C)c5)cc4)c3)cc2)cc([Si](C)(C)C)c1. The minimum Gasteiger partial charge on any atom is -0.0656 e. The molecule has 7 aromatic rings. The van der Waals surface area contributed by atoms with Crippen molar-refractivity contribution in [2.75, 3.05) is 0 Å². The largest absolute Gasteiger partial charge is 0.0775 e. The van der Waals surface area contributed by atoms with Crippen LogP contribution in [0.2, 0.25) is 118 Å². The lowest BCUT2D eigenvalue weighted by Gasteiger charge is -2.24. The van der Waals surface area contributed by atoms with Crippen LogP contribution in [0.3, 0.4) is 0 Å². The highest BCUT2D eigenvalue weighted by molar-refractivity contribution is 6.93. The number of hydrogen-bond donors (Lipinski definition) is 0. The van der Waals surface area contributed by atoms with Crippen LogP contribution in [0.25, 0.3) is 33.4 Å². The molecule has 0 amide bonds. The van der Waals surface area contributed by atoms with Gasteiger partial charge >= 0.3 is 0 Å². The van der Waals surface area contributed by atoms with E-state index in [0.717, 1.165) is 38.5 Å². The Morgan fingerprint density at radius 3 is 0.533 bits per heavy atom. The van der Waals surface area contributed by atoms with Gasteiger partial charge in [-0.15, -0.1) is 0 Å². The molecule has 0 aliphatic rings. The van der Waals surface area contributed by atoms with Gasteiger partial charge in [0.2, 0.25) is 0 Å². The maximum absolute atomic E-state index is 2.56. The van der Waals surface area contributed by atoms with Crippen LogP contribution >= 0.6 is 0 Å². The molecule has 0 N–H and O–H groups in total. The molecule has 0 unspecified atom stereocenters. The van der Waals surface area contributed by atoms with Crippen molar-refractivity contribution in [2.24, 2.45) is 0 Å². The second-order valence-corrected chi connectivity index (χ2v) is 59.2. The van der Waals surface area contributed by atoms with E-state index in [-0.39, 0.29) is 0 Å². The topological polar surface area (TPSA) is 0 Å². The predicted octanol–water partition coefficient (Wildman–Crippen LogP) is 16.5. The van der Waals surface area contributed by atoms with Gasteiger partial charge in [0.1, 0.15) is 0 Å². The van der Waals surface area contributed by atoms with Crippen LogP contribution in [-0.2, 0) is 38.5 Å². The number of aryl methyl sites for hydroxylation is 6. The normalized spacial score (nSPS) is 12.9. The van der Waals surface area contributed by atoms with E-state index in [1.165, 1.54) is 86.0 Å². The highest BCUT2D eigenvalue weighted by Gasteiger charge is 2.26. The third-order valence-corrected chi connectivity index (χ3v) is 27.9. The highest BCUT2D eigenvalue weighted by atomic mass is 28.3. The maximum Gasteiger partial charge on any atom is 0.0775 e. The summed E-state index contributed by atoms with van der Waals surface area (Å²) in [5.74, 6) is 0. The van der Waals surface area contributed by atoms with Crippen molar-refractivity contribution in [1.82, 2.24) is 0 Å². The van der Waals surface area contributed by atoms with Crippen molar-refractivity contribution in [2.45, 2.75) is 176 Å². The van der Waals surface area contributed by atoms with Gasteiger partial charge in [-0.3, -0.25) is 0 Å². The third-order valence-electron chi connectivity index (χ3n) is 15.8. The summed E-state index contributed by atoms with van der Waals surface area (Å²) in [6, 6.07) is 58.8. The van der Waals surface area contributed by atoms with Crippen LogP contribution in [0.5, 0.6) is 0 Å². The van der Waals surface area contributed by atoms with Gasteiger partial charge in [-0.2, -0.15) is 0 Å². The van der Waals surface area contributed by atoms with Crippen LogP contribution in [0.1, 0.15) is 52.6 Å². The summed E-state index contributed by atoms with van der Waals surface area (Å²) >= 11 is 0. The van der Waals surface area contributed by atoms with Crippen molar-refractivity contribution in [3.05, 3.63) is 179 Å². The summed E-state index contributed by atoms with van der Waals surface area (Å²) in [7, 11) is -8.43. The van der Waals surface area contributed by atoms with Crippen LogP contribution in [0.15, 0.2) is 146 Å². The van der Waals surface area contributed by atoms with E-state index in [4.69, 9.17) is 0 Å². The zero-order chi connectivity index (χ0) is 54.7. The van der Waals surface area contributed by atoms with Gasteiger partial charge in [0.15, 0.2) is 0 Å². The average molecular weight is 1090 g/mol. The van der Waals surface area contributed by atoms with Crippen molar-refractivity contribution in [3.63, 3.8) is 0 Å². The summed E-state index contributed by atoms with van der Waals surface area (Å²) in [6.45, 7) is 44.9. The van der Waals surface area contributed by atoms with E-state index in [0.29, 0.717) is 0 Å². The van der Waals surface area contributed by atoms with E-state index in [9.17, 15) is 0 Å². The fourth-order valence-corrected chi connectivity index (χ4v) is 18.0. The molecule has 0 nitrogen and oxygen atoms in total. The van der Waals surface area contributed by atoms with Gasteiger partial charge in [0, 0.05) is 0 Å². The van der Waals surface area contributed by atoms with Crippen LogP contribution in [0, 0.1) is 0 Å². The van der Waals surface area contributed by atoms with E-state index >= 15 is 0 Å². The van der Waals surface area contributed by atoms with Gasteiger partial charge in [-0.1, -0.05) is 276 Å². The summed E-state index contributed by atoms with van der Waals surface area (Å²) < 4.78 is 0. The Balaban J connectivity index is 1.10. The first-order chi connectivity index (χ1) is 34.9. The second-order valence-electron chi connectivity index (χ2n) is 28.7. The summed E-state index contributed by atoms with van der Waals surface area (Å²) in [5, 5.41) is 9.70. The molecule has 0 spiro atoms. The standard InChI is InChI=1S/C69H96Si6/c1-70(2,3)64-40-55(41-65(49-64)71(4,5)6)25-19-22-52-28-34-58(35-29-52)61-46-62(59-36-30-53(31-37-59)23-20-26-56-42-66(72(7,8)9)50-67(43-56)73(10,11)12)48-63(47-61)60-38-32-54(33-39-60)24-21-27-57-44-68(74(13,14)15)51-69(45-57)75(16,17)18/h28-51H,19-27H2,1-18H3. The lowest BCUT2D eigenvalue weighted by Crippen LogP contribution is -2.45. The first kappa shape index (κ1) is 58.5. The Hall–Kier alpha value is -4.16. The first-order valence-corrected chi connectivity index (χ1v) is 49.8. The lowest BCUT2D eigenvalue weighted by molar-refractivity contribution is 0.821. The molecule has 0 fully saturated rings. The minimum absolute atomic E-state index is 1.10. The van der Waals surface area contributed by atoms with Gasteiger partial charge in [0.05, 0.1) is 48.4 Å². The van der Waals surface area contributed by atoms with Gasteiger partial charge in [-0.25, -0.2) is 0 Å². The molecule has 7 aromatic carbocycles. The van der Waals surface area contributed by atoms with E-state index < -0.39 is 48.4 Å². The zero-order valence-corrected chi connectivity index (χ0v) is 56.2. The molecule has 0 saturated heterocycles. The Morgan fingerprint density at radius 2 is 0.360 bits per heavy atom. The second kappa shape index (κ2) is 23.4. The number of benzene rings is 7. The Kier molecular flexibility index (Phi) is 18.3. The Morgan fingerprint density at radius 1 is 0.187 bits per heavy atom. The average Bonchev–Trinajstić information content (AvgIpc) is 3.32. The molecular formula is C69H96Si6. The predicted molar refractivity (Wildman–Crippen MR) is 356 cm³/mol. The van der Waals surface area contributed by atoms with E-state index in [1.54, 1.807) is 31.1 Å². The molecule has 0 aliphatic heterocycles. The minimum atomic E-state index is -1.40. The molecule has 0 bridgehead atoms. The number of hydrogen-bond acceptors (Lipinski definition) is 0. The maximum atomic E-state index is 2.56. The van der Waals surface area contributed by atoms with Crippen molar-refractivity contribution in [3.8, 4) is 33.4 Å². The summed E-state index contributed by atoms with van der Waals surface area (Å²) in [6.07, 6.45) is 10.2. The number of rotatable bonds is 21. The Labute approximate surface area is 464 Å². The quantitative estimate of drug-likeness (QED) is 0.0629. The third kappa shape index (κ3) is 16.4. The van der Waals surface area contributed by atoms with Crippen LogP contribution < -0.4 is 31.1 Å². The molecule has 0 radical (unpaired) electrons. The van der Waals surface area contributed by atoms with Gasteiger partial charge in [-0.05, 0) is 143 Å². The summed E-state index contributed by atoms with van der Waals surface area (Å²) in [5.41, 5.74) is 16.6. The molecule has 0 saturated carbocycles. The molecular weight excluding hydrogens is 997 g/mol. The van der Waals surface area contributed by atoms with Crippen molar-refractivity contribution < 1.29 is 0 Å². The molecule has 7 rings (SSSR count). The van der Waals surface area contributed by atoms with Crippen molar-refractivity contribution >= 4 is 79.6 Å². The lowest BCUT2D eigenvalue weighted by atomic mass is 9.91. The van der Waals surface area contributed by atoms with Crippen LogP contribution in [-0.4, -0.2) is 48.4 Å². The summed E-state index contributed by atoms with van der Waals surface area (Å²) in [4.78, 5) is 0. The molecule has 396 valence electrons. The van der Waals surface area contributed by atoms with E-state index in [2.05, 4.69) is 263 Å². The highest BCUT2D eigenvalue weighted by Crippen LogP contribution is 2.34. The van der Waals surface area contributed by atoms with Gasteiger partial charge < -0.3 is 0 Å². The Bertz CT molecular complexity index is 2590.